The van der Waals surface area contributed by atoms with Crippen molar-refractivity contribution in [3.8, 4) is 82.3 Å². The van der Waals surface area contributed by atoms with Crippen LogP contribution in [0, 0.1) is 48.8 Å². The fourth-order valence-corrected chi connectivity index (χ4v) is 21.4. The fraction of sp³-hybridized carbons (Fsp3) is 0.231. The molecule has 4 fully saturated rings. The number of hydrogen-bond acceptors (Lipinski definition) is 30. The van der Waals surface area contributed by atoms with E-state index in [2.05, 4.69) is 15.0 Å². The van der Waals surface area contributed by atoms with E-state index in [1.807, 2.05) is 87.8 Å². The molecule has 133 heavy (non-hydrogen) atoms. The summed E-state index contributed by atoms with van der Waals surface area (Å²) in [4.78, 5) is 137. The molecule has 0 spiro atoms. The molecular formula is C91H64F6N12O21S3. The highest BCUT2D eigenvalue weighted by molar-refractivity contribution is 7.14. The Morgan fingerprint density at radius 2 is 0.737 bits per heavy atom. The summed E-state index contributed by atoms with van der Waals surface area (Å²) >= 11 is 3.94. The second-order valence-electron chi connectivity index (χ2n) is 31.6. The number of aryl methyl sites for hydroxylation is 2. The van der Waals surface area contributed by atoms with Gasteiger partial charge >= 0.3 is 17.8 Å². The summed E-state index contributed by atoms with van der Waals surface area (Å²) in [5.41, 5.74) is 9.44. The molecule has 7 aliphatic heterocycles. The molecule has 14 aromatic rings. The maximum absolute atomic E-state index is 15.9. The average Bonchev–Trinajstić information content (AvgIpc) is 1.64. The molecule has 0 bridgehead atoms. The Morgan fingerprint density at radius 1 is 0.398 bits per heavy atom. The van der Waals surface area contributed by atoms with Gasteiger partial charge in [0.15, 0.2) is 93.1 Å². The molecule has 15 heterocycles. The molecule has 3 amide bonds. The third-order valence-corrected chi connectivity index (χ3v) is 27.2. The van der Waals surface area contributed by atoms with Gasteiger partial charge in [-0.05, 0) is 82.1 Å². The van der Waals surface area contributed by atoms with Crippen molar-refractivity contribution < 1.29 is 101 Å². The van der Waals surface area contributed by atoms with E-state index in [1.54, 1.807) is 31.2 Å². The van der Waals surface area contributed by atoms with Crippen LogP contribution in [0.1, 0.15) is 106 Å². The van der Waals surface area contributed by atoms with Gasteiger partial charge in [-0.25, -0.2) is 55.7 Å². The first-order chi connectivity index (χ1) is 64.6. The van der Waals surface area contributed by atoms with Crippen LogP contribution in [0.25, 0.3) is 65.1 Å². The Hall–Kier alpha value is -15.0. The molecule has 10 aliphatic rings. The minimum absolute atomic E-state index is 0.00622. The number of ether oxygens (including phenoxy) is 8. The van der Waals surface area contributed by atoms with Crippen LogP contribution < -0.4 is 57.2 Å². The molecule has 0 radical (unpaired) electrons. The highest BCUT2D eigenvalue weighted by Crippen LogP contribution is 2.55. The fourth-order valence-electron chi connectivity index (χ4n) is 18.9. The SMILES string of the molecule is Cc1oc(=O)oc1COc1c2n(ccc1=O)N(C1c3ccccc3-c3scnc3-c3c1ccc(F)c3F)C1COCCN1C2=O.Cc1oc(=O)oc1COc1c2n(ccc1=O)N([C@@H]1c3ccccc3-c3scnc3-c3c1ccc(F)c3F)[C@@H]1COCCN1C2=O.O=C1OCC(Oc2c3n(ccc2=O)N([C@@H]2c4ccccc4-c4scnc4-c4c2ccc(F)c4F)[C@@H]2COCCN2C3=O)O1. The molecule has 0 saturated carbocycles. The van der Waals surface area contributed by atoms with E-state index < -0.39 is 130 Å². The van der Waals surface area contributed by atoms with E-state index in [0.29, 0.717) is 48.4 Å². The molecule has 0 N–H and O–H groups in total. The Morgan fingerprint density at radius 3 is 1.07 bits per heavy atom. The number of amides is 3. The van der Waals surface area contributed by atoms with Crippen molar-refractivity contribution >= 4 is 57.9 Å². The summed E-state index contributed by atoms with van der Waals surface area (Å²) in [6.07, 6.45) is 0.0364. The number of benzene rings is 6. The van der Waals surface area contributed by atoms with Crippen molar-refractivity contribution in [1.29, 1.82) is 0 Å². The van der Waals surface area contributed by atoms with Crippen LogP contribution in [0.4, 0.5) is 31.1 Å². The van der Waals surface area contributed by atoms with E-state index in [1.165, 1.54) is 117 Å². The van der Waals surface area contributed by atoms with Crippen molar-refractivity contribution in [3.63, 3.8) is 0 Å². The van der Waals surface area contributed by atoms with Crippen LogP contribution >= 0.6 is 34.0 Å². The number of morpholine rings is 3. The first-order valence-electron chi connectivity index (χ1n) is 41.3. The van der Waals surface area contributed by atoms with Gasteiger partial charge in [-0.2, -0.15) is 0 Å². The molecule has 33 nitrogen and oxygen atoms in total. The zero-order valence-corrected chi connectivity index (χ0v) is 71.5. The van der Waals surface area contributed by atoms with Gasteiger partial charge in [0.05, 0.1) is 106 Å². The van der Waals surface area contributed by atoms with Gasteiger partial charge in [0.1, 0.15) is 31.7 Å². The molecule has 8 aromatic heterocycles. The number of rotatable bonds is 11. The molecule has 24 rings (SSSR count). The molecule has 42 heteroatoms. The summed E-state index contributed by atoms with van der Waals surface area (Å²) in [5, 5.41) is 5.47. The van der Waals surface area contributed by atoms with Crippen LogP contribution in [0.15, 0.2) is 204 Å². The standard InChI is InChI=1S/2C31H22F2N4O7S.C29H20F2N4O7S/c2*1-15-21(44-31(40)43-15)12-42-28-20(38)8-9-36-27(28)30(39)35-10-11-41-13-22(35)37(36)26-16-4-2-3-5-17(16)29-25(34-14-45-29)23-18(26)6-7-19(32)24(23)33;30-17-6-5-16-21(22(17)31)23-27(43-13-32-23)15-4-2-1-3-14(15)24(16)35-19-11-39-10-9-33(19)28(37)25-26(18(36)7-8-34(25)35)41-20-12-40-29(38)42-20/h2*2-9,14,22,26H,10-13H2,1H3;1-8,13,19-20,24H,9-12H2/t22-,26-;;19-,20?,24-/m1.1/s1. The topological polar surface area (TPSA) is 353 Å². The van der Waals surface area contributed by atoms with E-state index in [4.69, 9.17) is 55.6 Å². The number of halogens is 6. The maximum atomic E-state index is 15.9. The number of fused-ring (bicyclic) bond motifs is 21. The Balaban J connectivity index is 0.000000116. The number of carbonyl (C=O) groups is 4. The van der Waals surface area contributed by atoms with E-state index >= 15 is 13.2 Å². The number of thiazole rings is 3. The Labute approximate surface area is 754 Å². The smallest absolute Gasteiger partial charge is 0.479 e. The highest BCUT2D eigenvalue weighted by Gasteiger charge is 2.53. The van der Waals surface area contributed by atoms with Crippen molar-refractivity contribution in [2.45, 2.75) is 70.0 Å². The normalized spacial score (nSPS) is 19.6. The van der Waals surface area contributed by atoms with Gasteiger partial charge in [0.25, 0.3) is 24.0 Å². The zero-order chi connectivity index (χ0) is 91.4. The highest BCUT2D eigenvalue weighted by atomic mass is 32.1. The average molecular weight is 1870 g/mol. The third kappa shape index (κ3) is 13.5. The lowest BCUT2D eigenvalue weighted by Crippen LogP contribution is -2.66. The summed E-state index contributed by atoms with van der Waals surface area (Å²) < 4.78 is 161. The lowest BCUT2D eigenvalue weighted by molar-refractivity contribution is -0.0226. The lowest BCUT2D eigenvalue weighted by atomic mass is 9.92. The van der Waals surface area contributed by atoms with Crippen molar-refractivity contribution in [2.24, 2.45) is 0 Å². The second-order valence-corrected chi connectivity index (χ2v) is 34.2. The van der Waals surface area contributed by atoms with Gasteiger partial charge in [-0.15, -0.1) is 34.0 Å². The Kier molecular flexibility index (Phi) is 20.6. The first kappa shape index (κ1) is 83.6. The minimum atomic E-state index is -1.24. The second kappa shape index (κ2) is 32.8. The summed E-state index contributed by atoms with van der Waals surface area (Å²) in [6.45, 7) is 3.69. The minimum Gasteiger partial charge on any atom is -0.479 e. The Bertz CT molecular complexity index is 7250. The number of aromatic nitrogens is 6. The molecular weight excluding hydrogens is 1810 g/mol. The number of pyridine rings is 3. The van der Waals surface area contributed by atoms with Crippen LogP contribution in [0.3, 0.4) is 0 Å². The molecule has 4 saturated heterocycles. The zero-order valence-electron chi connectivity index (χ0n) is 69.0. The van der Waals surface area contributed by atoms with Crippen LogP contribution in [-0.2, 0) is 36.9 Å². The molecule has 6 aromatic carbocycles. The largest absolute Gasteiger partial charge is 0.519 e. The number of hydrogen-bond donors (Lipinski definition) is 0. The van der Waals surface area contributed by atoms with Crippen LogP contribution in [0.2, 0.25) is 0 Å². The monoisotopic (exact) mass is 1870 g/mol. The number of carbonyl (C=O) groups excluding carboxylic acids is 4. The van der Waals surface area contributed by atoms with E-state index in [-0.39, 0.29) is 153 Å². The predicted octanol–water partition coefficient (Wildman–Crippen LogP) is 12.0. The number of cyclic esters (lactones) is 2. The molecule has 674 valence electrons. The van der Waals surface area contributed by atoms with Gasteiger partial charge in [-0.3, -0.25) is 57.8 Å². The van der Waals surface area contributed by atoms with Crippen LogP contribution in [0.5, 0.6) is 17.2 Å². The number of nitrogens with zero attached hydrogens (tertiary/aromatic N) is 12. The van der Waals surface area contributed by atoms with E-state index in [9.17, 15) is 56.3 Å². The van der Waals surface area contributed by atoms with Crippen molar-refractivity contribution in [2.75, 3.05) is 80.9 Å². The van der Waals surface area contributed by atoms with Gasteiger partial charge in [-0.1, -0.05) is 91.0 Å². The third-order valence-electron chi connectivity index (χ3n) is 24.6. The summed E-state index contributed by atoms with van der Waals surface area (Å²) in [5.74, 6) is -9.89. The van der Waals surface area contributed by atoms with Crippen molar-refractivity contribution in [1.82, 2.24) is 43.7 Å². The van der Waals surface area contributed by atoms with E-state index in [0.717, 1.165) is 51.6 Å². The van der Waals surface area contributed by atoms with Gasteiger partial charge < -0.3 is 70.3 Å². The molecule has 3 aliphatic carbocycles. The predicted molar refractivity (Wildman–Crippen MR) is 457 cm³/mol. The first-order valence-corrected chi connectivity index (χ1v) is 44.0. The quantitative estimate of drug-likeness (QED) is 0.0857. The maximum Gasteiger partial charge on any atom is 0.519 e. The van der Waals surface area contributed by atoms with Crippen molar-refractivity contribution in [3.05, 3.63) is 323 Å². The molecule has 3 unspecified atom stereocenters. The van der Waals surface area contributed by atoms with Crippen LogP contribution in [-0.4, -0.2) is 158 Å². The lowest BCUT2D eigenvalue weighted by Gasteiger charge is -2.51. The van der Waals surface area contributed by atoms with Gasteiger partial charge in [0, 0.05) is 73.1 Å². The summed E-state index contributed by atoms with van der Waals surface area (Å²) in [6, 6.07) is 31.6. The molecule has 7 atom stereocenters. The van der Waals surface area contributed by atoms with Gasteiger partial charge in [0.2, 0.25) is 22.0 Å². The summed E-state index contributed by atoms with van der Waals surface area (Å²) in [7, 11) is 0.